The van der Waals surface area contributed by atoms with Crippen LogP contribution in [0.15, 0.2) is 30.3 Å². The van der Waals surface area contributed by atoms with Crippen LogP contribution in [0.25, 0.3) is 6.08 Å². The third-order valence-electron chi connectivity index (χ3n) is 2.09. The van der Waals surface area contributed by atoms with Crippen LogP contribution in [0.4, 0.5) is 0 Å². The lowest BCUT2D eigenvalue weighted by atomic mass is 10.1. The summed E-state index contributed by atoms with van der Waals surface area (Å²) in [7, 11) is 1.37. The first-order valence-corrected chi connectivity index (χ1v) is 4.95. The van der Waals surface area contributed by atoms with Crippen LogP contribution < -0.4 is 0 Å². The summed E-state index contributed by atoms with van der Waals surface area (Å²) in [6.45, 7) is 0. The monoisotopic (exact) mass is 215 g/mol. The van der Waals surface area contributed by atoms with E-state index in [1.54, 1.807) is 6.08 Å². The zero-order valence-corrected chi connectivity index (χ0v) is 9.14. The van der Waals surface area contributed by atoms with Crippen molar-refractivity contribution in [3.05, 3.63) is 41.5 Å². The van der Waals surface area contributed by atoms with E-state index in [9.17, 15) is 4.79 Å². The number of esters is 1. The van der Waals surface area contributed by atoms with Gasteiger partial charge >= 0.3 is 5.97 Å². The fourth-order valence-corrected chi connectivity index (χ4v) is 1.21. The molecule has 0 aliphatic heterocycles. The number of carbonyl (C=O) groups excluding carboxylic acids is 1. The first-order chi connectivity index (χ1) is 7.76. The molecule has 0 aliphatic rings. The van der Waals surface area contributed by atoms with E-state index in [-0.39, 0.29) is 12.4 Å². The number of nitrogens with zero attached hydrogens (tertiary/aromatic N) is 1. The van der Waals surface area contributed by atoms with Crippen LogP contribution in [0.3, 0.4) is 0 Å². The van der Waals surface area contributed by atoms with E-state index in [1.165, 1.54) is 7.11 Å². The highest BCUT2D eigenvalue weighted by Gasteiger charge is 1.94. The third kappa shape index (κ3) is 3.97. The molecule has 3 nitrogen and oxygen atoms in total. The van der Waals surface area contributed by atoms with Crippen LogP contribution in [-0.2, 0) is 16.0 Å². The van der Waals surface area contributed by atoms with Crippen LogP contribution in [0.1, 0.15) is 17.5 Å². The lowest BCUT2D eigenvalue weighted by Crippen LogP contribution is -1.96. The van der Waals surface area contributed by atoms with Crippen LogP contribution in [0, 0.1) is 11.3 Å². The summed E-state index contributed by atoms with van der Waals surface area (Å²) in [6, 6.07) is 9.73. The number of hydrogen-bond acceptors (Lipinski definition) is 3. The number of methoxy groups -OCH3 is 1. The van der Waals surface area contributed by atoms with Gasteiger partial charge in [-0.2, -0.15) is 5.26 Å². The van der Waals surface area contributed by atoms with Crippen LogP contribution in [-0.4, -0.2) is 13.1 Å². The summed E-state index contributed by atoms with van der Waals surface area (Å²) in [5, 5.41) is 8.50. The standard InChI is InChI=1S/C13H13NO2/c1-16-13(15)4-2-3-11-5-7-12(8-6-11)9-10-14/h2-3,5-8H,4,9H2,1H3. The molecule has 0 radical (unpaired) electrons. The smallest absolute Gasteiger partial charge is 0.309 e. The van der Waals surface area contributed by atoms with Crippen LogP contribution >= 0.6 is 0 Å². The number of carbonyl (C=O) groups is 1. The molecule has 0 amide bonds. The van der Waals surface area contributed by atoms with Gasteiger partial charge in [-0.3, -0.25) is 4.79 Å². The Morgan fingerprint density at radius 1 is 1.44 bits per heavy atom. The van der Waals surface area contributed by atoms with Crippen LogP contribution in [0.2, 0.25) is 0 Å². The second kappa shape index (κ2) is 6.41. The Balaban J connectivity index is 2.55. The maximum atomic E-state index is 10.8. The predicted molar refractivity (Wildman–Crippen MR) is 61.4 cm³/mol. The molecule has 0 saturated heterocycles. The Hall–Kier alpha value is -2.08. The molecule has 0 aliphatic carbocycles. The van der Waals surface area contributed by atoms with Gasteiger partial charge in [0.2, 0.25) is 0 Å². The van der Waals surface area contributed by atoms with E-state index in [2.05, 4.69) is 10.8 Å². The fourth-order valence-electron chi connectivity index (χ4n) is 1.21. The van der Waals surface area contributed by atoms with Crippen molar-refractivity contribution in [1.29, 1.82) is 5.26 Å². The molecule has 0 spiro atoms. The van der Waals surface area contributed by atoms with Crippen molar-refractivity contribution < 1.29 is 9.53 Å². The highest BCUT2D eigenvalue weighted by atomic mass is 16.5. The Morgan fingerprint density at radius 3 is 2.69 bits per heavy atom. The summed E-state index contributed by atoms with van der Waals surface area (Å²) >= 11 is 0. The highest BCUT2D eigenvalue weighted by Crippen LogP contribution is 2.07. The Morgan fingerprint density at radius 2 is 2.12 bits per heavy atom. The first-order valence-electron chi connectivity index (χ1n) is 4.95. The van der Waals surface area contributed by atoms with E-state index >= 15 is 0 Å². The SMILES string of the molecule is COC(=O)CC=Cc1ccc(CC#N)cc1. The minimum absolute atomic E-state index is 0.252. The van der Waals surface area contributed by atoms with E-state index < -0.39 is 0 Å². The molecular formula is C13H13NO2. The number of benzene rings is 1. The summed E-state index contributed by atoms with van der Waals surface area (Å²) < 4.78 is 4.51. The minimum Gasteiger partial charge on any atom is -0.469 e. The molecule has 16 heavy (non-hydrogen) atoms. The van der Waals surface area contributed by atoms with Crippen molar-refractivity contribution in [3.63, 3.8) is 0 Å². The summed E-state index contributed by atoms with van der Waals surface area (Å²) in [5.74, 6) is -0.252. The van der Waals surface area contributed by atoms with Gasteiger partial charge in [0.15, 0.2) is 0 Å². The maximum Gasteiger partial charge on any atom is 0.309 e. The van der Waals surface area contributed by atoms with Gasteiger partial charge in [0.05, 0.1) is 26.0 Å². The second-order valence-corrected chi connectivity index (χ2v) is 3.26. The molecule has 0 bridgehead atoms. The third-order valence-corrected chi connectivity index (χ3v) is 2.09. The number of rotatable bonds is 4. The van der Waals surface area contributed by atoms with Crippen molar-refractivity contribution in [1.82, 2.24) is 0 Å². The highest BCUT2D eigenvalue weighted by molar-refractivity contribution is 5.72. The summed E-state index contributed by atoms with van der Waals surface area (Å²) in [5.41, 5.74) is 2.00. The molecule has 1 rings (SSSR count). The van der Waals surface area contributed by atoms with Crippen molar-refractivity contribution in [2.24, 2.45) is 0 Å². The van der Waals surface area contributed by atoms with Gasteiger partial charge in [-0.25, -0.2) is 0 Å². The largest absolute Gasteiger partial charge is 0.469 e. The van der Waals surface area contributed by atoms with Crippen molar-refractivity contribution >= 4 is 12.0 Å². The number of ether oxygens (including phenoxy) is 1. The molecule has 0 N–H and O–H groups in total. The molecule has 0 saturated carbocycles. The first kappa shape index (κ1) is 12.0. The topological polar surface area (TPSA) is 50.1 Å². The number of hydrogen-bond donors (Lipinski definition) is 0. The zero-order chi connectivity index (χ0) is 11.8. The Bertz CT molecular complexity index is 413. The molecule has 0 unspecified atom stereocenters. The predicted octanol–water partition coefficient (Wildman–Crippen LogP) is 2.33. The van der Waals surface area contributed by atoms with Gasteiger partial charge in [-0.15, -0.1) is 0 Å². The molecule has 1 aromatic carbocycles. The van der Waals surface area contributed by atoms with Gasteiger partial charge in [0, 0.05) is 0 Å². The number of nitriles is 1. The molecule has 3 heteroatoms. The molecular weight excluding hydrogens is 202 g/mol. The van der Waals surface area contributed by atoms with E-state index in [0.29, 0.717) is 6.42 Å². The van der Waals surface area contributed by atoms with Crippen molar-refractivity contribution in [2.45, 2.75) is 12.8 Å². The lowest BCUT2D eigenvalue weighted by Gasteiger charge is -1.96. The van der Waals surface area contributed by atoms with E-state index in [1.807, 2.05) is 30.3 Å². The van der Waals surface area contributed by atoms with Crippen molar-refractivity contribution in [2.75, 3.05) is 7.11 Å². The van der Waals surface area contributed by atoms with Crippen LogP contribution in [0.5, 0.6) is 0 Å². The second-order valence-electron chi connectivity index (χ2n) is 3.26. The average molecular weight is 215 g/mol. The van der Waals surface area contributed by atoms with Gasteiger partial charge < -0.3 is 4.74 Å². The normalized spacial score (nSPS) is 10.0. The summed E-state index contributed by atoms with van der Waals surface area (Å²) in [6.07, 6.45) is 4.31. The zero-order valence-electron chi connectivity index (χ0n) is 9.14. The maximum absolute atomic E-state index is 10.8. The lowest BCUT2D eigenvalue weighted by molar-refractivity contribution is -0.139. The van der Waals surface area contributed by atoms with Gasteiger partial charge in [0.25, 0.3) is 0 Å². The molecule has 0 aromatic heterocycles. The van der Waals surface area contributed by atoms with E-state index in [4.69, 9.17) is 5.26 Å². The van der Waals surface area contributed by atoms with Gasteiger partial charge in [0.1, 0.15) is 0 Å². The summed E-state index contributed by atoms with van der Waals surface area (Å²) in [4.78, 5) is 10.8. The van der Waals surface area contributed by atoms with Gasteiger partial charge in [-0.1, -0.05) is 36.4 Å². The molecule has 0 fully saturated rings. The minimum atomic E-state index is -0.252. The molecule has 82 valence electrons. The van der Waals surface area contributed by atoms with Crippen molar-refractivity contribution in [3.8, 4) is 6.07 Å². The Labute approximate surface area is 95.0 Å². The molecule has 0 atom stereocenters. The Kier molecular flexibility index (Phi) is 4.81. The van der Waals surface area contributed by atoms with Gasteiger partial charge in [-0.05, 0) is 11.1 Å². The molecule has 1 aromatic rings. The fraction of sp³-hybridized carbons (Fsp3) is 0.231. The molecule has 0 heterocycles. The average Bonchev–Trinajstić information content (AvgIpc) is 2.31. The quantitative estimate of drug-likeness (QED) is 0.724. The van der Waals surface area contributed by atoms with E-state index in [0.717, 1.165) is 11.1 Å².